The minimum Gasteiger partial charge on any atom is -0.492 e. The zero-order valence-electron chi connectivity index (χ0n) is 15.7. The quantitative estimate of drug-likeness (QED) is 0.650. The first-order valence-electron chi connectivity index (χ1n) is 9.55. The second kappa shape index (κ2) is 9.51. The van der Waals surface area contributed by atoms with Crippen LogP contribution in [0.5, 0.6) is 5.75 Å². The summed E-state index contributed by atoms with van der Waals surface area (Å²) in [5, 5.41) is 2.90. The Balaban J connectivity index is 1.45. The molecule has 0 aliphatic heterocycles. The van der Waals surface area contributed by atoms with E-state index in [4.69, 9.17) is 4.74 Å². The summed E-state index contributed by atoms with van der Waals surface area (Å²) in [6.45, 7) is 4.05. The average Bonchev–Trinajstić information content (AvgIpc) is 3.50. The van der Waals surface area contributed by atoms with E-state index < -0.39 is 0 Å². The van der Waals surface area contributed by atoms with Gasteiger partial charge in [-0.15, -0.1) is 0 Å². The summed E-state index contributed by atoms with van der Waals surface area (Å²) < 4.78 is 18.6. The number of halogens is 1. The van der Waals surface area contributed by atoms with E-state index in [9.17, 15) is 9.18 Å². The van der Waals surface area contributed by atoms with Crippen LogP contribution in [0.3, 0.4) is 0 Å². The Kier molecular flexibility index (Phi) is 6.82. The van der Waals surface area contributed by atoms with Crippen molar-refractivity contribution in [3.8, 4) is 5.75 Å². The number of amides is 1. The van der Waals surface area contributed by atoms with Gasteiger partial charge in [0, 0.05) is 18.7 Å². The summed E-state index contributed by atoms with van der Waals surface area (Å²) in [6, 6.07) is 16.6. The third-order valence-corrected chi connectivity index (χ3v) is 4.94. The van der Waals surface area contributed by atoms with Gasteiger partial charge < -0.3 is 10.1 Å². The molecule has 0 bridgehead atoms. The van der Waals surface area contributed by atoms with Gasteiger partial charge >= 0.3 is 0 Å². The number of ether oxygens (including phenoxy) is 1. The van der Waals surface area contributed by atoms with Gasteiger partial charge in [0.05, 0.1) is 13.1 Å². The van der Waals surface area contributed by atoms with Crippen LogP contribution in [0.25, 0.3) is 0 Å². The number of rotatable bonds is 10. The van der Waals surface area contributed by atoms with Crippen LogP contribution in [0.4, 0.5) is 4.39 Å². The maximum absolute atomic E-state index is 13.1. The van der Waals surface area contributed by atoms with E-state index >= 15 is 0 Å². The van der Waals surface area contributed by atoms with Crippen LogP contribution in [-0.2, 0) is 11.3 Å². The Bertz CT molecular complexity index is 734. The summed E-state index contributed by atoms with van der Waals surface area (Å²) >= 11 is 0. The molecule has 1 fully saturated rings. The van der Waals surface area contributed by atoms with E-state index in [2.05, 4.69) is 29.3 Å². The molecule has 1 N–H and O–H groups in total. The van der Waals surface area contributed by atoms with Gasteiger partial charge in [-0.05, 0) is 43.4 Å². The van der Waals surface area contributed by atoms with E-state index in [0.717, 1.165) is 6.54 Å². The van der Waals surface area contributed by atoms with E-state index in [1.807, 2.05) is 18.2 Å². The molecule has 5 heteroatoms. The Morgan fingerprint density at radius 2 is 2.00 bits per heavy atom. The van der Waals surface area contributed by atoms with Crippen molar-refractivity contribution in [1.82, 2.24) is 10.2 Å². The van der Waals surface area contributed by atoms with Crippen molar-refractivity contribution in [2.24, 2.45) is 5.92 Å². The summed E-state index contributed by atoms with van der Waals surface area (Å²) in [5.74, 6) is 0.818. The molecular weight excluding hydrogens is 343 g/mol. The molecular formula is C22H27FN2O2. The highest BCUT2D eigenvalue weighted by Gasteiger charge is 2.32. The van der Waals surface area contributed by atoms with Crippen LogP contribution >= 0.6 is 0 Å². The van der Waals surface area contributed by atoms with Crippen LogP contribution < -0.4 is 10.1 Å². The highest BCUT2D eigenvalue weighted by atomic mass is 19.1. The molecule has 1 saturated carbocycles. The molecule has 0 aromatic heterocycles. The van der Waals surface area contributed by atoms with Crippen molar-refractivity contribution in [2.75, 3.05) is 19.7 Å². The van der Waals surface area contributed by atoms with Gasteiger partial charge in [0.2, 0.25) is 5.91 Å². The zero-order chi connectivity index (χ0) is 19.1. The highest BCUT2D eigenvalue weighted by molar-refractivity contribution is 5.78. The van der Waals surface area contributed by atoms with Crippen LogP contribution in [0.2, 0.25) is 0 Å². The Labute approximate surface area is 160 Å². The van der Waals surface area contributed by atoms with E-state index in [0.29, 0.717) is 37.4 Å². The lowest BCUT2D eigenvalue weighted by molar-refractivity contribution is -0.123. The maximum Gasteiger partial charge on any atom is 0.234 e. The summed E-state index contributed by atoms with van der Waals surface area (Å²) in [4.78, 5) is 14.6. The number of hydrogen-bond acceptors (Lipinski definition) is 3. The second-order valence-electron chi connectivity index (χ2n) is 7.12. The molecule has 0 saturated heterocycles. The van der Waals surface area contributed by atoms with Gasteiger partial charge in [0.25, 0.3) is 0 Å². The first-order valence-corrected chi connectivity index (χ1v) is 9.55. The summed E-state index contributed by atoms with van der Waals surface area (Å²) in [6.07, 6.45) is 2.49. The number of carbonyl (C=O) groups excluding carboxylic acids is 1. The van der Waals surface area contributed by atoms with Gasteiger partial charge in [-0.3, -0.25) is 9.69 Å². The maximum atomic E-state index is 13.1. The molecule has 144 valence electrons. The van der Waals surface area contributed by atoms with Crippen molar-refractivity contribution >= 4 is 5.91 Å². The SMILES string of the molecule is CC(C1CC1)N(CC(=O)NCCOc1cccc(F)c1)Cc1ccccc1. The Morgan fingerprint density at radius 1 is 1.22 bits per heavy atom. The fraction of sp³-hybridized carbons (Fsp3) is 0.409. The Hall–Kier alpha value is -2.40. The standard InChI is InChI=1S/C22H27FN2O2/c1-17(19-10-11-19)25(15-18-6-3-2-4-7-18)16-22(26)24-12-13-27-21-9-5-8-20(23)14-21/h2-9,14,17,19H,10-13,15-16H2,1H3,(H,24,26). The molecule has 4 nitrogen and oxygen atoms in total. The molecule has 2 aromatic carbocycles. The van der Waals surface area contributed by atoms with Crippen molar-refractivity contribution in [2.45, 2.75) is 32.4 Å². The van der Waals surface area contributed by atoms with E-state index in [1.165, 1.54) is 30.5 Å². The van der Waals surface area contributed by atoms with Gasteiger partial charge in [-0.25, -0.2) is 4.39 Å². The number of carbonyl (C=O) groups is 1. The first kappa shape index (κ1) is 19.4. The third kappa shape index (κ3) is 6.36. The topological polar surface area (TPSA) is 41.6 Å². The fourth-order valence-corrected chi connectivity index (χ4v) is 3.20. The van der Waals surface area contributed by atoms with Crippen LogP contribution in [0, 0.1) is 11.7 Å². The lowest BCUT2D eigenvalue weighted by Crippen LogP contribution is -2.43. The monoisotopic (exact) mass is 370 g/mol. The van der Waals surface area contributed by atoms with Crippen molar-refractivity contribution in [1.29, 1.82) is 0 Å². The number of hydrogen-bond donors (Lipinski definition) is 1. The molecule has 3 rings (SSSR count). The Morgan fingerprint density at radius 3 is 2.70 bits per heavy atom. The molecule has 2 aromatic rings. The molecule has 0 spiro atoms. The zero-order valence-corrected chi connectivity index (χ0v) is 15.7. The van der Waals surface area contributed by atoms with Crippen molar-refractivity contribution in [3.05, 3.63) is 66.0 Å². The van der Waals surface area contributed by atoms with Crippen molar-refractivity contribution in [3.63, 3.8) is 0 Å². The molecule has 1 aliphatic rings. The van der Waals surface area contributed by atoms with Crippen LogP contribution in [0.15, 0.2) is 54.6 Å². The summed E-state index contributed by atoms with van der Waals surface area (Å²) in [7, 11) is 0. The van der Waals surface area contributed by atoms with Crippen LogP contribution in [-0.4, -0.2) is 36.5 Å². The number of nitrogens with zero attached hydrogens (tertiary/aromatic N) is 1. The second-order valence-corrected chi connectivity index (χ2v) is 7.12. The number of benzene rings is 2. The minimum atomic E-state index is -0.331. The van der Waals surface area contributed by atoms with Gasteiger partial charge in [-0.1, -0.05) is 36.4 Å². The molecule has 0 radical (unpaired) electrons. The predicted molar refractivity (Wildman–Crippen MR) is 104 cm³/mol. The highest BCUT2D eigenvalue weighted by Crippen LogP contribution is 2.35. The molecule has 1 unspecified atom stereocenters. The fourth-order valence-electron chi connectivity index (χ4n) is 3.20. The molecule has 1 aliphatic carbocycles. The summed E-state index contributed by atoms with van der Waals surface area (Å²) in [5.41, 5.74) is 1.22. The van der Waals surface area contributed by atoms with Gasteiger partial charge in [0.15, 0.2) is 0 Å². The molecule has 0 heterocycles. The minimum absolute atomic E-state index is 0.0127. The first-order chi connectivity index (χ1) is 13.1. The molecule has 27 heavy (non-hydrogen) atoms. The largest absolute Gasteiger partial charge is 0.492 e. The average molecular weight is 370 g/mol. The normalized spacial score (nSPS) is 14.8. The lowest BCUT2D eigenvalue weighted by Gasteiger charge is -2.28. The number of nitrogens with one attached hydrogen (secondary N) is 1. The van der Waals surface area contributed by atoms with Crippen molar-refractivity contribution < 1.29 is 13.9 Å². The third-order valence-electron chi connectivity index (χ3n) is 4.94. The predicted octanol–water partition coefficient (Wildman–Crippen LogP) is 3.62. The van der Waals surface area contributed by atoms with Gasteiger partial charge in [0.1, 0.15) is 18.2 Å². The van der Waals surface area contributed by atoms with Crippen LogP contribution in [0.1, 0.15) is 25.3 Å². The van der Waals surface area contributed by atoms with E-state index in [1.54, 1.807) is 12.1 Å². The van der Waals surface area contributed by atoms with E-state index in [-0.39, 0.29) is 11.7 Å². The smallest absolute Gasteiger partial charge is 0.234 e. The lowest BCUT2D eigenvalue weighted by atomic mass is 10.1. The molecule has 1 atom stereocenters. The molecule has 1 amide bonds. The van der Waals surface area contributed by atoms with Gasteiger partial charge in [-0.2, -0.15) is 0 Å².